The van der Waals surface area contributed by atoms with E-state index < -0.39 is 12.1 Å². The summed E-state index contributed by atoms with van der Waals surface area (Å²) in [6, 6.07) is 8.88. The number of aryl methyl sites for hydroxylation is 1. The van der Waals surface area contributed by atoms with Gasteiger partial charge < -0.3 is 16.4 Å². The van der Waals surface area contributed by atoms with Crippen molar-refractivity contribution in [2.24, 2.45) is 5.92 Å². The molecule has 2 unspecified atom stereocenters. The van der Waals surface area contributed by atoms with E-state index >= 15 is 0 Å². The largest absolute Gasteiger partial charge is 0.383 e. The highest BCUT2D eigenvalue weighted by atomic mass is 19.1. The fourth-order valence-corrected chi connectivity index (χ4v) is 3.27. The van der Waals surface area contributed by atoms with E-state index in [2.05, 4.69) is 20.6 Å². The van der Waals surface area contributed by atoms with Crippen LogP contribution in [0.1, 0.15) is 22.3 Å². The number of carbonyl (C=O) groups excluding carboxylic acids is 2. The molecule has 1 saturated carbocycles. The quantitative estimate of drug-likeness (QED) is 0.631. The van der Waals surface area contributed by atoms with E-state index in [0.717, 1.165) is 16.5 Å². The predicted molar refractivity (Wildman–Crippen MR) is 109 cm³/mol. The van der Waals surface area contributed by atoms with Crippen LogP contribution in [0.5, 0.6) is 0 Å². The maximum absolute atomic E-state index is 13.1. The van der Waals surface area contributed by atoms with Crippen LogP contribution < -0.4 is 16.4 Å². The monoisotopic (exact) mass is 393 g/mol. The van der Waals surface area contributed by atoms with Crippen molar-refractivity contribution in [3.05, 3.63) is 47.7 Å². The molecular formula is C21H20FN5O2. The molecule has 0 radical (unpaired) electrons. The van der Waals surface area contributed by atoms with Crippen LogP contribution in [0.2, 0.25) is 0 Å². The summed E-state index contributed by atoms with van der Waals surface area (Å²) < 4.78 is 13.1. The molecular weight excluding hydrogens is 373 g/mol. The number of pyridine rings is 2. The topological polar surface area (TPSA) is 110 Å². The summed E-state index contributed by atoms with van der Waals surface area (Å²) in [6.45, 7) is 1.89. The molecule has 0 bridgehead atoms. The van der Waals surface area contributed by atoms with Crippen molar-refractivity contribution in [3.8, 4) is 11.3 Å². The van der Waals surface area contributed by atoms with Crippen LogP contribution in [0.3, 0.4) is 0 Å². The van der Waals surface area contributed by atoms with Crippen molar-refractivity contribution in [1.82, 2.24) is 15.3 Å². The number of alkyl halides is 1. The first-order valence-corrected chi connectivity index (χ1v) is 9.21. The molecule has 29 heavy (non-hydrogen) atoms. The van der Waals surface area contributed by atoms with Crippen molar-refractivity contribution < 1.29 is 14.0 Å². The molecule has 1 aromatic carbocycles. The molecule has 4 rings (SSSR count). The smallest absolute Gasteiger partial charge is 0.251 e. The summed E-state index contributed by atoms with van der Waals surface area (Å²) in [6.07, 6.45) is 0.729. The number of fused-ring (bicyclic) bond motifs is 1. The SMILES string of the molecule is CNC(=O)c1ccc(-c2cc3cc(NC(=O)C4CC4F)ncc3c(N)n2)c(C)c1. The van der Waals surface area contributed by atoms with Crippen LogP contribution in [0.25, 0.3) is 22.0 Å². The Morgan fingerprint density at radius 2 is 2.00 bits per heavy atom. The van der Waals surface area contributed by atoms with Crippen LogP contribution in [0, 0.1) is 12.8 Å². The summed E-state index contributed by atoms with van der Waals surface area (Å²) >= 11 is 0. The Labute approximate surface area is 166 Å². The minimum Gasteiger partial charge on any atom is -0.383 e. The molecule has 0 spiro atoms. The Bertz CT molecular complexity index is 1150. The molecule has 1 aliphatic rings. The van der Waals surface area contributed by atoms with Gasteiger partial charge in [0.15, 0.2) is 0 Å². The zero-order chi connectivity index (χ0) is 20.7. The van der Waals surface area contributed by atoms with Gasteiger partial charge in [-0.3, -0.25) is 9.59 Å². The Hall–Kier alpha value is -3.55. The molecule has 2 atom stereocenters. The lowest BCUT2D eigenvalue weighted by atomic mass is 10.0. The average Bonchev–Trinajstić information content (AvgIpc) is 3.43. The number of benzene rings is 1. The maximum atomic E-state index is 13.1. The molecule has 0 saturated heterocycles. The molecule has 1 fully saturated rings. The second-order valence-electron chi connectivity index (χ2n) is 7.14. The van der Waals surface area contributed by atoms with Gasteiger partial charge in [-0.1, -0.05) is 6.07 Å². The van der Waals surface area contributed by atoms with Gasteiger partial charge in [-0.05, 0) is 48.6 Å². The Kier molecular flexibility index (Phi) is 4.62. The van der Waals surface area contributed by atoms with Crippen LogP contribution in [0.4, 0.5) is 16.0 Å². The molecule has 1 aliphatic carbocycles. The highest BCUT2D eigenvalue weighted by molar-refractivity contribution is 5.99. The fourth-order valence-electron chi connectivity index (χ4n) is 3.27. The third-order valence-corrected chi connectivity index (χ3v) is 5.04. The second kappa shape index (κ2) is 7.12. The summed E-state index contributed by atoms with van der Waals surface area (Å²) in [5, 5.41) is 6.65. The van der Waals surface area contributed by atoms with Crippen LogP contribution in [0.15, 0.2) is 36.5 Å². The van der Waals surface area contributed by atoms with Crippen molar-refractivity contribution in [2.45, 2.75) is 19.5 Å². The summed E-state index contributed by atoms with van der Waals surface area (Å²) in [4.78, 5) is 32.5. The van der Waals surface area contributed by atoms with E-state index in [1.807, 2.05) is 19.1 Å². The lowest BCUT2D eigenvalue weighted by Crippen LogP contribution is -2.17. The van der Waals surface area contributed by atoms with E-state index in [4.69, 9.17) is 5.73 Å². The molecule has 2 amide bonds. The minimum atomic E-state index is -1.07. The number of aromatic nitrogens is 2. The van der Waals surface area contributed by atoms with Crippen molar-refractivity contribution in [3.63, 3.8) is 0 Å². The standard InChI is InChI=1S/C21H20FN5O2/c1-10-5-11(20(28)24-2)3-4-13(10)17-6-12-7-18(25-9-15(12)19(23)26-17)27-21(29)14-8-16(14)22/h3-7,9,14,16H,8H2,1-2H3,(H2,23,26)(H,24,28)(H,25,27,29). The highest BCUT2D eigenvalue weighted by Gasteiger charge is 2.43. The van der Waals surface area contributed by atoms with Gasteiger partial charge in [0.05, 0.1) is 11.6 Å². The molecule has 4 N–H and O–H groups in total. The summed E-state index contributed by atoms with van der Waals surface area (Å²) in [5.74, 6) is -0.476. The van der Waals surface area contributed by atoms with E-state index in [9.17, 15) is 14.0 Å². The van der Waals surface area contributed by atoms with E-state index in [0.29, 0.717) is 28.3 Å². The third kappa shape index (κ3) is 3.61. The van der Waals surface area contributed by atoms with Gasteiger partial charge in [0, 0.05) is 29.8 Å². The highest BCUT2D eigenvalue weighted by Crippen LogP contribution is 2.35. The number of nitrogen functional groups attached to an aromatic ring is 1. The van der Waals surface area contributed by atoms with Crippen LogP contribution in [-0.2, 0) is 4.79 Å². The Morgan fingerprint density at radius 3 is 2.66 bits per heavy atom. The molecule has 2 aromatic heterocycles. The van der Waals surface area contributed by atoms with Crippen molar-refractivity contribution in [2.75, 3.05) is 18.1 Å². The Morgan fingerprint density at radius 1 is 1.24 bits per heavy atom. The number of nitrogens with one attached hydrogen (secondary N) is 2. The summed E-state index contributed by atoms with van der Waals surface area (Å²) in [7, 11) is 1.58. The number of hydrogen-bond donors (Lipinski definition) is 3. The first kappa shape index (κ1) is 18.8. The van der Waals surface area contributed by atoms with Crippen LogP contribution in [-0.4, -0.2) is 35.0 Å². The molecule has 0 aliphatic heterocycles. The number of nitrogens with two attached hydrogens (primary N) is 1. The molecule has 148 valence electrons. The van der Waals surface area contributed by atoms with E-state index in [-0.39, 0.29) is 18.2 Å². The van der Waals surface area contributed by atoms with Gasteiger partial charge >= 0.3 is 0 Å². The van der Waals surface area contributed by atoms with E-state index in [1.165, 1.54) is 0 Å². The van der Waals surface area contributed by atoms with Crippen molar-refractivity contribution >= 4 is 34.2 Å². The first-order chi connectivity index (χ1) is 13.9. The third-order valence-electron chi connectivity index (χ3n) is 5.04. The number of hydrogen-bond acceptors (Lipinski definition) is 5. The molecule has 7 nitrogen and oxygen atoms in total. The van der Waals surface area contributed by atoms with Gasteiger partial charge in [-0.15, -0.1) is 0 Å². The fraction of sp³-hybridized carbons (Fsp3) is 0.238. The average molecular weight is 393 g/mol. The predicted octanol–water partition coefficient (Wildman–Crippen LogP) is 2.84. The zero-order valence-corrected chi connectivity index (χ0v) is 16.0. The number of nitrogens with zero attached hydrogens (tertiary/aromatic N) is 2. The molecule has 3 aromatic rings. The zero-order valence-electron chi connectivity index (χ0n) is 16.0. The van der Waals surface area contributed by atoms with Gasteiger partial charge in [-0.2, -0.15) is 0 Å². The number of amides is 2. The lowest BCUT2D eigenvalue weighted by molar-refractivity contribution is -0.117. The maximum Gasteiger partial charge on any atom is 0.251 e. The normalized spacial score (nSPS) is 17.8. The second-order valence-corrected chi connectivity index (χ2v) is 7.14. The van der Waals surface area contributed by atoms with Crippen molar-refractivity contribution in [1.29, 1.82) is 0 Å². The number of halogens is 1. The minimum absolute atomic E-state index is 0.164. The Balaban J connectivity index is 1.70. The molecule has 2 heterocycles. The lowest BCUT2D eigenvalue weighted by Gasteiger charge is -2.11. The van der Waals surface area contributed by atoms with Gasteiger partial charge in [0.1, 0.15) is 17.8 Å². The first-order valence-electron chi connectivity index (χ1n) is 9.21. The number of rotatable bonds is 4. The van der Waals surface area contributed by atoms with Gasteiger partial charge in [0.25, 0.3) is 5.91 Å². The molecule has 8 heteroatoms. The number of anilines is 2. The van der Waals surface area contributed by atoms with Gasteiger partial charge in [0.2, 0.25) is 5.91 Å². The van der Waals surface area contributed by atoms with E-state index in [1.54, 1.807) is 31.4 Å². The van der Waals surface area contributed by atoms with Gasteiger partial charge in [-0.25, -0.2) is 14.4 Å². The summed E-state index contributed by atoms with van der Waals surface area (Å²) in [5.41, 5.74) is 9.04. The number of carbonyl (C=O) groups is 2. The van der Waals surface area contributed by atoms with Crippen LogP contribution >= 0.6 is 0 Å².